The van der Waals surface area contributed by atoms with E-state index in [-0.39, 0.29) is 5.56 Å². The summed E-state index contributed by atoms with van der Waals surface area (Å²) in [5.74, 6) is 2.73. The zero-order valence-corrected chi connectivity index (χ0v) is 15.0. The molecule has 0 N–H and O–H groups in total. The number of aromatic nitrogens is 4. The first kappa shape index (κ1) is 16.0. The Morgan fingerprint density at radius 1 is 0.846 bits per heavy atom. The van der Waals surface area contributed by atoms with Crippen LogP contribution in [0.3, 0.4) is 0 Å². The zero-order chi connectivity index (χ0) is 17.5. The van der Waals surface area contributed by atoms with Gasteiger partial charge in [-0.2, -0.15) is 10.2 Å². The van der Waals surface area contributed by atoms with E-state index < -0.39 is 0 Å². The normalized spacial score (nSPS) is 21.2. The van der Waals surface area contributed by atoms with E-state index in [4.69, 9.17) is 0 Å². The molecule has 2 aliphatic carbocycles. The van der Waals surface area contributed by atoms with Crippen LogP contribution in [-0.2, 0) is 6.54 Å². The highest BCUT2D eigenvalue weighted by Crippen LogP contribution is 2.39. The van der Waals surface area contributed by atoms with E-state index >= 15 is 0 Å². The molecule has 0 radical (unpaired) electrons. The van der Waals surface area contributed by atoms with Crippen molar-refractivity contribution in [2.45, 2.75) is 56.9 Å². The van der Waals surface area contributed by atoms with Crippen LogP contribution in [0.2, 0.25) is 0 Å². The number of hydrogen-bond acceptors (Lipinski definition) is 5. The predicted molar refractivity (Wildman–Crippen MR) is 99.4 cm³/mol. The molecule has 0 amide bonds. The van der Waals surface area contributed by atoms with Crippen LogP contribution in [0.25, 0.3) is 0 Å². The van der Waals surface area contributed by atoms with Gasteiger partial charge in [-0.1, -0.05) is 0 Å². The first-order valence-electron chi connectivity index (χ1n) is 9.93. The Morgan fingerprint density at radius 2 is 1.54 bits per heavy atom. The summed E-state index contributed by atoms with van der Waals surface area (Å²) in [5.41, 5.74) is 2.26. The highest BCUT2D eigenvalue weighted by molar-refractivity contribution is 5.38. The fraction of sp³-hybridized carbons (Fsp3) is 0.600. The second-order valence-corrected chi connectivity index (χ2v) is 8.07. The SMILES string of the molecule is O=c1ccc(C2CC2)nn1CC1CCN(c2ccc(C3CC3)nn2)CC1. The highest BCUT2D eigenvalue weighted by Gasteiger charge is 2.27. The summed E-state index contributed by atoms with van der Waals surface area (Å²) in [7, 11) is 0. The van der Waals surface area contributed by atoms with Crippen LogP contribution in [0, 0.1) is 5.92 Å². The van der Waals surface area contributed by atoms with E-state index in [2.05, 4.69) is 32.3 Å². The van der Waals surface area contributed by atoms with Gasteiger partial charge in [-0.3, -0.25) is 4.79 Å². The Morgan fingerprint density at radius 3 is 2.19 bits per heavy atom. The van der Waals surface area contributed by atoms with Gasteiger partial charge in [-0.15, -0.1) is 5.10 Å². The Kier molecular flexibility index (Phi) is 3.98. The Hall–Kier alpha value is -2.24. The average Bonchev–Trinajstić information content (AvgIpc) is 3.57. The smallest absolute Gasteiger partial charge is 0.266 e. The minimum Gasteiger partial charge on any atom is -0.355 e. The molecule has 0 atom stereocenters. The van der Waals surface area contributed by atoms with Gasteiger partial charge in [0.1, 0.15) is 0 Å². The van der Waals surface area contributed by atoms with E-state index in [9.17, 15) is 4.79 Å². The first-order chi connectivity index (χ1) is 12.8. The van der Waals surface area contributed by atoms with Gasteiger partial charge >= 0.3 is 0 Å². The number of nitrogens with zero attached hydrogens (tertiary/aromatic N) is 5. The Labute approximate surface area is 153 Å². The predicted octanol–water partition coefficient (Wildman–Crippen LogP) is 2.70. The molecule has 1 aliphatic heterocycles. The molecule has 0 spiro atoms. The standard InChI is InChI=1S/C20H25N5O/c26-20-8-6-18(16-3-4-16)23-25(20)13-14-9-11-24(12-10-14)19-7-5-17(21-22-19)15-1-2-15/h5-8,14-16H,1-4,9-13H2. The lowest BCUT2D eigenvalue weighted by Gasteiger charge is -2.32. The summed E-state index contributed by atoms with van der Waals surface area (Å²) in [6.45, 7) is 2.68. The van der Waals surface area contributed by atoms with Crippen molar-refractivity contribution >= 4 is 5.82 Å². The number of rotatable bonds is 5. The van der Waals surface area contributed by atoms with Gasteiger partial charge in [0, 0.05) is 37.5 Å². The summed E-state index contributed by atoms with van der Waals surface area (Å²) in [6, 6.07) is 7.85. The number of piperidine rings is 1. The van der Waals surface area contributed by atoms with Crippen molar-refractivity contribution in [3.8, 4) is 0 Å². The van der Waals surface area contributed by atoms with E-state index in [0.29, 0.717) is 17.8 Å². The molecule has 0 unspecified atom stereocenters. The van der Waals surface area contributed by atoms with Crippen LogP contribution in [0.1, 0.15) is 61.7 Å². The van der Waals surface area contributed by atoms with Crippen LogP contribution in [0.15, 0.2) is 29.1 Å². The van der Waals surface area contributed by atoms with Gasteiger partial charge in [0.15, 0.2) is 5.82 Å². The fourth-order valence-electron chi connectivity index (χ4n) is 3.88. The van der Waals surface area contributed by atoms with Gasteiger partial charge in [-0.05, 0) is 62.6 Å². The lowest BCUT2D eigenvalue weighted by atomic mass is 9.97. The third-order valence-corrected chi connectivity index (χ3v) is 5.92. The number of anilines is 1. The molecule has 5 rings (SSSR count). The molecule has 6 nitrogen and oxygen atoms in total. The monoisotopic (exact) mass is 351 g/mol. The molecule has 3 fully saturated rings. The van der Waals surface area contributed by atoms with E-state index in [1.54, 1.807) is 10.7 Å². The van der Waals surface area contributed by atoms with Gasteiger partial charge in [0.05, 0.1) is 11.4 Å². The molecule has 2 aromatic heterocycles. The van der Waals surface area contributed by atoms with E-state index in [1.807, 2.05) is 6.07 Å². The molecule has 6 heteroatoms. The van der Waals surface area contributed by atoms with Crippen molar-refractivity contribution in [3.63, 3.8) is 0 Å². The van der Waals surface area contributed by atoms with Crippen molar-refractivity contribution in [1.82, 2.24) is 20.0 Å². The van der Waals surface area contributed by atoms with Gasteiger partial charge in [0.2, 0.25) is 0 Å². The molecular formula is C20H25N5O. The molecular weight excluding hydrogens is 326 g/mol. The largest absolute Gasteiger partial charge is 0.355 e. The Balaban J connectivity index is 1.20. The number of hydrogen-bond donors (Lipinski definition) is 0. The first-order valence-corrected chi connectivity index (χ1v) is 9.93. The van der Waals surface area contributed by atoms with Crippen LogP contribution in [-0.4, -0.2) is 33.1 Å². The highest BCUT2D eigenvalue weighted by atomic mass is 16.1. The van der Waals surface area contributed by atoms with E-state index in [1.165, 1.54) is 25.7 Å². The molecule has 0 aromatic carbocycles. The lowest BCUT2D eigenvalue weighted by Crippen LogP contribution is -2.37. The van der Waals surface area contributed by atoms with Gasteiger partial charge < -0.3 is 4.90 Å². The third kappa shape index (κ3) is 3.37. The van der Waals surface area contributed by atoms with Crippen molar-refractivity contribution in [2.75, 3.05) is 18.0 Å². The van der Waals surface area contributed by atoms with Crippen molar-refractivity contribution in [1.29, 1.82) is 0 Å². The van der Waals surface area contributed by atoms with Crippen LogP contribution >= 0.6 is 0 Å². The molecule has 0 bridgehead atoms. The zero-order valence-electron chi connectivity index (χ0n) is 15.0. The second kappa shape index (κ2) is 6.49. The van der Waals surface area contributed by atoms with Crippen molar-refractivity contribution < 1.29 is 0 Å². The summed E-state index contributed by atoms with van der Waals surface area (Å²) in [5, 5.41) is 13.4. The topological polar surface area (TPSA) is 63.9 Å². The quantitative estimate of drug-likeness (QED) is 0.829. The van der Waals surface area contributed by atoms with Crippen LogP contribution in [0.5, 0.6) is 0 Å². The molecule has 3 aliphatic rings. The van der Waals surface area contributed by atoms with Crippen molar-refractivity contribution in [2.24, 2.45) is 5.92 Å². The van der Waals surface area contributed by atoms with E-state index in [0.717, 1.165) is 49.7 Å². The minimum atomic E-state index is 0.0263. The molecule has 26 heavy (non-hydrogen) atoms. The van der Waals surface area contributed by atoms with Crippen molar-refractivity contribution in [3.05, 3.63) is 46.0 Å². The van der Waals surface area contributed by atoms with Crippen LogP contribution < -0.4 is 10.5 Å². The summed E-state index contributed by atoms with van der Waals surface area (Å²) in [6.07, 6.45) is 7.07. The maximum Gasteiger partial charge on any atom is 0.266 e. The minimum absolute atomic E-state index is 0.0263. The molecule has 1 saturated heterocycles. The summed E-state index contributed by atoms with van der Waals surface area (Å²) < 4.78 is 1.69. The third-order valence-electron chi connectivity index (χ3n) is 5.92. The lowest BCUT2D eigenvalue weighted by molar-refractivity contribution is 0.332. The Bertz CT molecular complexity index is 830. The molecule has 3 heterocycles. The summed E-state index contributed by atoms with van der Waals surface area (Å²) >= 11 is 0. The van der Waals surface area contributed by atoms with Gasteiger partial charge in [0.25, 0.3) is 5.56 Å². The average molecular weight is 351 g/mol. The maximum atomic E-state index is 12.1. The van der Waals surface area contributed by atoms with Crippen LogP contribution in [0.4, 0.5) is 5.82 Å². The fourth-order valence-corrected chi connectivity index (χ4v) is 3.88. The molecule has 2 aromatic rings. The summed E-state index contributed by atoms with van der Waals surface area (Å²) in [4.78, 5) is 14.5. The van der Waals surface area contributed by atoms with Gasteiger partial charge in [-0.25, -0.2) is 4.68 Å². The molecule has 136 valence electrons. The maximum absolute atomic E-state index is 12.1. The molecule has 2 saturated carbocycles. The second-order valence-electron chi connectivity index (χ2n) is 8.07.